The number of hydrogen-bond donors (Lipinski definition) is 0. The van der Waals surface area contributed by atoms with Gasteiger partial charge in [-0.1, -0.05) is 18.2 Å². The number of esters is 1. The number of amides is 1. The molecule has 1 aliphatic rings. The molecule has 194 valence electrons. The van der Waals surface area contributed by atoms with Gasteiger partial charge in [-0.15, -0.1) is 0 Å². The molecule has 1 saturated heterocycles. The second-order valence-corrected chi connectivity index (χ2v) is 10.1. The molecule has 7 heteroatoms. The lowest BCUT2D eigenvalue weighted by atomic mass is 9.98. The number of aromatic nitrogens is 1. The summed E-state index contributed by atoms with van der Waals surface area (Å²) in [6, 6.07) is 18.7. The first-order valence-electron chi connectivity index (χ1n) is 12.7. The van der Waals surface area contributed by atoms with E-state index in [1.165, 1.54) is 0 Å². The third-order valence-electron chi connectivity index (χ3n) is 6.04. The maximum Gasteiger partial charge on any atom is 0.410 e. The molecule has 1 aromatic heterocycles. The summed E-state index contributed by atoms with van der Waals surface area (Å²) in [7, 11) is 0. The van der Waals surface area contributed by atoms with Crippen molar-refractivity contribution in [2.45, 2.75) is 59.1 Å². The summed E-state index contributed by atoms with van der Waals surface area (Å²) in [5.74, 6) is 0.989. The molecule has 37 heavy (non-hydrogen) atoms. The summed E-state index contributed by atoms with van der Waals surface area (Å²) in [4.78, 5) is 32.6. The Bertz CT molecular complexity index is 1250. The van der Waals surface area contributed by atoms with Gasteiger partial charge in [0.15, 0.2) is 0 Å². The monoisotopic (exact) mass is 502 g/mol. The van der Waals surface area contributed by atoms with E-state index in [0.29, 0.717) is 23.6 Å². The van der Waals surface area contributed by atoms with Gasteiger partial charge in [-0.05, 0) is 95.5 Å². The van der Waals surface area contributed by atoms with E-state index in [1.807, 2.05) is 88.4 Å². The zero-order valence-corrected chi connectivity index (χ0v) is 22.1. The molecule has 0 N–H and O–H groups in total. The van der Waals surface area contributed by atoms with E-state index in [-0.39, 0.29) is 18.7 Å². The normalized spacial score (nSPS) is 15.4. The molecule has 2 aromatic carbocycles. The second kappa shape index (κ2) is 11.0. The van der Waals surface area contributed by atoms with E-state index in [4.69, 9.17) is 19.2 Å². The Hall–Kier alpha value is -3.87. The molecule has 3 aromatic rings. The highest BCUT2D eigenvalue weighted by Gasteiger charge is 2.35. The average molecular weight is 503 g/mol. The van der Waals surface area contributed by atoms with Crippen molar-refractivity contribution in [1.82, 2.24) is 9.88 Å². The van der Waals surface area contributed by atoms with E-state index in [1.54, 1.807) is 11.8 Å². The number of ether oxygens (including phenoxy) is 3. The standard InChI is InChI=1S/C30H34N2O5/c1-6-35-28(33)26-20(2)19-24(25-13-10-18-32(25)29(34)37-30(3,4)5)31-27(26)21-14-16-23(17-15-21)36-22-11-8-7-9-12-22/h7-9,11-12,14-17,19,25H,6,10,13,18H2,1-5H3. The summed E-state index contributed by atoms with van der Waals surface area (Å²) < 4.78 is 16.9. The van der Waals surface area contributed by atoms with E-state index < -0.39 is 11.6 Å². The van der Waals surface area contributed by atoms with Crippen molar-refractivity contribution in [2.75, 3.05) is 13.2 Å². The van der Waals surface area contributed by atoms with Crippen LogP contribution in [0.1, 0.15) is 68.2 Å². The third kappa shape index (κ3) is 6.28. The molecule has 0 radical (unpaired) electrons. The molecule has 1 amide bonds. The van der Waals surface area contributed by atoms with E-state index in [2.05, 4.69) is 0 Å². The van der Waals surface area contributed by atoms with Crippen LogP contribution in [0, 0.1) is 6.92 Å². The zero-order valence-electron chi connectivity index (χ0n) is 22.1. The Balaban J connectivity index is 1.71. The lowest BCUT2D eigenvalue weighted by molar-refractivity contribution is 0.0220. The third-order valence-corrected chi connectivity index (χ3v) is 6.04. The van der Waals surface area contributed by atoms with Crippen LogP contribution < -0.4 is 4.74 Å². The SMILES string of the molecule is CCOC(=O)c1c(C)cc(C2CCCN2C(=O)OC(C)(C)C)nc1-c1ccc(Oc2ccccc2)cc1. The first kappa shape index (κ1) is 26.2. The molecule has 1 fully saturated rings. The quantitative estimate of drug-likeness (QED) is 0.335. The smallest absolute Gasteiger partial charge is 0.410 e. The lowest BCUT2D eigenvalue weighted by Crippen LogP contribution is -2.36. The minimum atomic E-state index is -0.587. The first-order valence-corrected chi connectivity index (χ1v) is 12.7. The van der Waals surface area contributed by atoms with E-state index in [9.17, 15) is 9.59 Å². The number of para-hydroxylation sites is 1. The molecular weight excluding hydrogens is 468 g/mol. The first-order chi connectivity index (χ1) is 17.7. The maximum atomic E-state index is 13.0. The maximum absolute atomic E-state index is 13.0. The fourth-order valence-electron chi connectivity index (χ4n) is 4.46. The van der Waals surface area contributed by atoms with Crippen molar-refractivity contribution in [3.63, 3.8) is 0 Å². The molecule has 0 saturated carbocycles. The van der Waals surface area contributed by atoms with Crippen molar-refractivity contribution in [3.8, 4) is 22.8 Å². The summed E-state index contributed by atoms with van der Waals surface area (Å²) in [6.45, 7) is 10.1. The van der Waals surface area contributed by atoms with Gasteiger partial charge in [0.1, 0.15) is 17.1 Å². The van der Waals surface area contributed by atoms with Crippen molar-refractivity contribution >= 4 is 12.1 Å². The van der Waals surface area contributed by atoms with Crippen molar-refractivity contribution < 1.29 is 23.8 Å². The van der Waals surface area contributed by atoms with Crippen LogP contribution in [0.2, 0.25) is 0 Å². The fraction of sp³-hybridized carbons (Fsp3) is 0.367. The molecule has 0 spiro atoms. The number of nitrogens with zero attached hydrogens (tertiary/aromatic N) is 2. The zero-order chi connectivity index (χ0) is 26.6. The van der Waals surface area contributed by atoms with Crippen molar-refractivity contribution in [3.05, 3.63) is 77.5 Å². The van der Waals surface area contributed by atoms with Gasteiger partial charge in [0.25, 0.3) is 0 Å². The van der Waals surface area contributed by atoms with Crippen LogP contribution in [0.3, 0.4) is 0 Å². The van der Waals surface area contributed by atoms with Gasteiger partial charge in [-0.2, -0.15) is 0 Å². The van der Waals surface area contributed by atoms with Crippen LogP contribution in [0.15, 0.2) is 60.7 Å². The van der Waals surface area contributed by atoms with Crippen molar-refractivity contribution in [2.24, 2.45) is 0 Å². The fourth-order valence-corrected chi connectivity index (χ4v) is 4.46. The van der Waals surface area contributed by atoms with Crippen LogP contribution in [0.25, 0.3) is 11.3 Å². The Morgan fingerprint density at radius 2 is 1.70 bits per heavy atom. The van der Waals surface area contributed by atoms with Crippen LogP contribution in [-0.2, 0) is 9.47 Å². The second-order valence-electron chi connectivity index (χ2n) is 10.1. The van der Waals surface area contributed by atoms with E-state index in [0.717, 1.165) is 35.4 Å². The van der Waals surface area contributed by atoms with Gasteiger partial charge in [-0.3, -0.25) is 4.90 Å². The number of pyridine rings is 1. The van der Waals surface area contributed by atoms with Gasteiger partial charge < -0.3 is 14.2 Å². The van der Waals surface area contributed by atoms with Gasteiger partial charge in [0.2, 0.25) is 0 Å². The average Bonchev–Trinajstić information content (AvgIpc) is 3.34. The Morgan fingerprint density at radius 1 is 1.03 bits per heavy atom. The molecule has 2 heterocycles. The highest BCUT2D eigenvalue weighted by Crippen LogP contribution is 2.36. The number of rotatable bonds is 6. The molecular formula is C30H34N2O5. The van der Waals surface area contributed by atoms with Crippen LogP contribution in [-0.4, -0.2) is 40.7 Å². The van der Waals surface area contributed by atoms with Crippen LogP contribution >= 0.6 is 0 Å². The summed E-state index contributed by atoms with van der Waals surface area (Å²) >= 11 is 0. The predicted octanol–water partition coefficient (Wildman–Crippen LogP) is 7.10. The van der Waals surface area contributed by atoms with Gasteiger partial charge in [0.05, 0.1) is 29.6 Å². The number of aryl methyl sites for hydroxylation is 1. The highest BCUT2D eigenvalue weighted by molar-refractivity contribution is 5.97. The summed E-state index contributed by atoms with van der Waals surface area (Å²) in [5.41, 5.74) is 2.60. The van der Waals surface area contributed by atoms with Crippen LogP contribution in [0.4, 0.5) is 4.79 Å². The molecule has 1 unspecified atom stereocenters. The Morgan fingerprint density at radius 3 is 2.35 bits per heavy atom. The molecule has 1 atom stereocenters. The predicted molar refractivity (Wildman–Crippen MR) is 142 cm³/mol. The lowest BCUT2D eigenvalue weighted by Gasteiger charge is -2.29. The van der Waals surface area contributed by atoms with Crippen molar-refractivity contribution in [1.29, 1.82) is 0 Å². The minimum absolute atomic E-state index is 0.232. The number of hydrogen-bond acceptors (Lipinski definition) is 6. The molecule has 0 aliphatic carbocycles. The summed E-state index contributed by atoms with van der Waals surface area (Å²) in [5, 5.41) is 0. The molecule has 0 bridgehead atoms. The largest absolute Gasteiger partial charge is 0.462 e. The Kier molecular flexibility index (Phi) is 7.81. The molecule has 1 aliphatic heterocycles. The molecule has 7 nitrogen and oxygen atoms in total. The number of likely N-dealkylation sites (tertiary alicyclic amines) is 1. The molecule has 4 rings (SSSR count). The highest BCUT2D eigenvalue weighted by atomic mass is 16.6. The van der Waals surface area contributed by atoms with Gasteiger partial charge >= 0.3 is 12.1 Å². The van der Waals surface area contributed by atoms with Crippen LogP contribution in [0.5, 0.6) is 11.5 Å². The van der Waals surface area contributed by atoms with E-state index >= 15 is 0 Å². The summed E-state index contributed by atoms with van der Waals surface area (Å²) in [6.07, 6.45) is 1.27. The van der Waals surface area contributed by atoms with Gasteiger partial charge in [-0.25, -0.2) is 14.6 Å². The minimum Gasteiger partial charge on any atom is -0.462 e. The van der Waals surface area contributed by atoms with Gasteiger partial charge in [0, 0.05) is 12.1 Å². The topological polar surface area (TPSA) is 78.0 Å². The Labute approximate surface area is 218 Å². The number of benzene rings is 2. The number of carbonyl (C=O) groups is 2. The number of carbonyl (C=O) groups excluding carboxylic acids is 2.